The van der Waals surface area contributed by atoms with Gasteiger partial charge in [0, 0.05) is 58.0 Å². The highest BCUT2D eigenvalue weighted by Crippen LogP contribution is 2.25. The molecule has 0 aromatic heterocycles. The number of rotatable bonds is 3. The van der Waals surface area contributed by atoms with Crippen molar-refractivity contribution in [2.75, 3.05) is 52.5 Å². The van der Waals surface area contributed by atoms with Crippen LogP contribution in [-0.4, -0.2) is 85.2 Å². The van der Waals surface area contributed by atoms with Crippen molar-refractivity contribution in [1.82, 2.24) is 14.7 Å². The summed E-state index contributed by atoms with van der Waals surface area (Å²) in [6.45, 7) is 12.4. The molecule has 0 radical (unpaired) electrons. The van der Waals surface area contributed by atoms with Crippen molar-refractivity contribution in [2.45, 2.75) is 58.0 Å². The standard InChI is InChI=1S/C19H35N3O2/c1-16(2)20-9-4-10-21(12-11-20)19(23)17-5-3-8-22(15-17)18-6-13-24-14-7-18/h16-18H,3-15H2,1-2H3. The van der Waals surface area contributed by atoms with Crippen molar-refractivity contribution in [1.29, 1.82) is 0 Å². The third-order valence-electron chi connectivity index (χ3n) is 6.08. The number of ether oxygens (including phenoxy) is 1. The second-order valence-electron chi connectivity index (χ2n) is 7.99. The monoisotopic (exact) mass is 337 g/mol. The minimum absolute atomic E-state index is 0.215. The van der Waals surface area contributed by atoms with E-state index in [4.69, 9.17) is 4.74 Å². The number of hydrogen-bond acceptors (Lipinski definition) is 4. The van der Waals surface area contributed by atoms with Gasteiger partial charge in [0.15, 0.2) is 0 Å². The second kappa shape index (κ2) is 8.63. The third kappa shape index (κ3) is 4.50. The lowest BCUT2D eigenvalue weighted by Gasteiger charge is -2.40. The minimum Gasteiger partial charge on any atom is -0.381 e. The van der Waals surface area contributed by atoms with Crippen LogP contribution in [0.1, 0.15) is 46.0 Å². The fourth-order valence-electron chi connectivity index (χ4n) is 4.52. The number of hydrogen-bond donors (Lipinski definition) is 0. The van der Waals surface area contributed by atoms with Gasteiger partial charge in [-0.15, -0.1) is 0 Å². The lowest BCUT2D eigenvalue weighted by molar-refractivity contribution is -0.137. The van der Waals surface area contributed by atoms with E-state index in [0.29, 0.717) is 18.0 Å². The van der Waals surface area contributed by atoms with Crippen molar-refractivity contribution in [3.05, 3.63) is 0 Å². The molecule has 3 aliphatic rings. The van der Waals surface area contributed by atoms with Gasteiger partial charge < -0.3 is 9.64 Å². The molecule has 1 atom stereocenters. The van der Waals surface area contributed by atoms with Gasteiger partial charge in [0.2, 0.25) is 5.91 Å². The van der Waals surface area contributed by atoms with E-state index < -0.39 is 0 Å². The maximum Gasteiger partial charge on any atom is 0.227 e. The van der Waals surface area contributed by atoms with E-state index in [1.165, 1.54) is 6.42 Å². The number of piperidine rings is 1. The van der Waals surface area contributed by atoms with Crippen LogP contribution in [0.15, 0.2) is 0 Å². The summed E-state index contributed by atoms with van der Waals surface area (Å²) in [6.07, 6.45) is 5.62. The Bertz CT molecular complexity index is 409. The molecule has 3 rings (SSSR count). The Balaban J connectivity index is 1.54. The quantitative estimate of drug-likeness (QED) is 0.787. The summed E-state index contributed by atoms with van der Waals surface area (Å²) in [5.74, 6) is 0.629. The second-order valence-corrected chi connectivity index (χ2v) is 7.99. The van der Waals surface area contributed by atoms with Gasteiger partial charge in [-0.05, 0) is 52.5 Å². The van der Waals surface area contributed by atoms with Gasteiger partial charge in [0.1, 0.15) is 0 Å². The summed E-state index contributed by atoms with van der Waals surface area (Å²) >= 11 is 0. The Kier molecular flexibility index (Phi) is 6.53. The largest absolute Gasteiger partial charge is 0.381 e. The van der Waals surface area contributed by atoms with Crippen molar-refractivity contribution >= 4 is 5.91 Å². The highest BCUT2D eigenvalue weighted by Gasteiger charge is 2.33. The van der Waals surface area contributed by atoms with Crippen molar-refractivity contribution in [3.8, 4) is 0 Å². The van der Waals surface area contributed by atoms with Crippen LogP contribution >= 0.6 is 0 Å². The summed E-state index contributed by atoms with van der Waals surface area (Å²) in [4.78, 5) is 20.3. The van der Waals surface area contributed by atoms with Gasteiger partial charge in [-0.1, -0.05) is 0 Å². The number of likely N-dealkylation sites (tertiary alicyclic amines) is 1. The first-order valence-electron chi connectivity index (χ1n) is 10.00. The molecule has 5 heteroatoms. The zero-order chi connectivity index (χ0) is 16.9. The molecule has 0 spiro atoms. The number of carbonyl (C=O) groups excluding carboxylic acids is 1. The molecule has 3 heterocycles. The summed E-state index contributed by atoms with van der Waals surface area (Å²) in [5.41, 5.74) is 0. The molecule has 24 heavy (non-hydrogen) atoms. The number of amides is 1. The highest BCUT2D eigenvalue weighted by molar-refractivity contribution is 5.79. The van der Waals surface area contributed by atoms with Gasteiger partial charge in [0.25, 0.3) is 0 Å². The average molecular weight is 338 g/mol. The lowest BCUT2D eigenvalue weighted by atomic mass is 9.93. The van der Waals surface area contributed by atoms with E-state index in [1.54, 1.807) is 0 Å². The first-order valence-corrected chi connectivity index (χ1v) is 10.00. The molecule has 3 saturated heterocycles. The fourth-order valence-corrected chi connectivity index (χ4v) is 4.52. The van der Waals surface area contributed by atoms with Crippen LogP contribution in [0.5, 0.6) is 0 Å². The fraction of sp³-hybridized carbons (Fsp3) is 0.947. The van der Waals surface area contributed by atoms with Crippen LogP contribution in [0, 0.1) is 5.92 Å². The maximum absolute atomic E-state index is 13.1. The molecule has 3 fully saturated rings. The van der Waals surface area contributed by atoms with E-state index >= 15 is 0 Å². The van der Waals surface area contributed by atoms with Crippen molar-refractivity contribution in [3.63, 3.8) is 0 Å². The Morgan fingerprint density at radius 3 is 2.50 bits per heavy atom. The SMILES string of the molecule is CC(C)N1CCCN(C(=O)C2CCCN(C3CCOCC3)C2)CC1. The summed E-state index contributed by atoms with van der Waals surface area (Å²) in [6, 6.07) is 1.22. The van der Waals surface area contributed by atoms with Gasteiger partial charge >= 0.3 is 0 Å². The number of carbonyl (C=O) groups is 1. The van der Waals surface area contributed by atoms with Crippen LogP contribution < -0.4 is 0 Å². The first kappa shape index (κ1) is 18.2. The summed E-state index contributed by atoms with van der Waals surface area (Å²) < 4.78 is 5.50. The van der Waals surface area contributed by atoms with Crippen LogP contribution in [0.25, 0.3) is 0 Å². The van der Waals surface area contributed by atoms with Crippen LogP contribution in [0.3, 0.4) is 0 Å². The van der Waals surface area contributed by atoms with Crippen LogP contribution in [-0.2, 0) is 9.53 Å². The summed E-state index contributed by atoms with van der Waals surface area (Å²) in [5, 5.41) is 0. The molecule has 0 aromatic rings. The van der Waals surface area contributed by atoms with E-state index in [1.807, 2.05) is 0 Å². The Morgan fingerprint density at radius 2 is 1.75 bits per heavy atom. The maximum atomic E-state index is 13.1. The van der Waals surface area contributed by atoms with Crippen molar-refractivity contribution in [2.24, 2.45) is 5.92 Å². The third-order valence-corrected chi connectivity index (χ3v) is 6.08. The predicted octanol–water partition coefficient (Wildman–Crippen LogP) is 1.82. The van der Waals surface area contributed by atoms with Gasteiger partial charge in [0.05, 0.1) is 5.92 Å². The van der Waals surface area contributed by atoms with E-state index in [0.717, 1.165) is 78.2 Å². The Hall–Kier alpha value is -0.650. The van der Waals surface area contributed by atoms with Gasteiger partial charge in [-0.2, -0.15) is 0 Å². The molecule has 0 saturated carbocycles. The van der Waals surface area contributed by atoms with E-state index in [9.17, 15) is 4.79 Å². The Labute approximate surface area is 147 Å². The minimum atomic E-state index is 0.215. The van der Waals surface area contributed by atoms with Gasteiger partial charge in [-0.3, -0.25) is 14.6 Å². The topological polar surface area (TPSA) is 36.0 Å². The number of nitrogens with zero attached hydrogens (tertiary/aromatic N) is 3. The smallest absolute Gasteiger partial charge is 0.227 e. The molecular weight excluding hydrogens is 302 g/mol. The van der Waals surface area contributed by atoms with Crippen molar-refractivity contribution < 1.29 is 9.53 Å². The predicted molar refractivity (Wildman–Crippen MR) is 96.0 cm³/mol. The normalized spacial score (nSPS) is 29.0. The molecule has 138 valence electrons. The molecule has 5 nitrogen and oxygen atoms in total. The molecule has 1 unspecified atom stereocenters. The van der Waals surface area contributed by atoms with Gasteiger partial charge in [-0.25, -0.2) is 0 Å². The first-order chi connectivity index (χ1) is 11.6. The van der Waals surface area contributed by atoms with E-state index in [2.05, 4.69) is 28.5 Å². The highest BCUT2D eigenvalue weighted by atomic mass is 16.5. The molecule has 0 aliphatic carbocycles. The van der Waals surface area contributed by atoms with Crippen LogP contribution in [0.4, 0.5) is 0 Å². The van der Waals surface area contributed by atoms with Crippen LogP contribution in [0.2, 0.25) is 0 Å². The van der Waals surface area contributed by atoms with E-state index in [-0.39, 0.29) is 5.92 Å². The summed E-state index contributed by atoms with van der Waals surface area (Å²) in [7, 11) is 0. The molecule has 0 N–H and O–H groups in total. The zero-order valence-corrected chi connectivity index (χ0v) is 15.6. The molecule has 0 bridgehead atoms. The molecular formula is C19H35N3O2. The average Bonchev–Trinajstić information content (AvgIpc) is 2.88. The molecule has 0 aromatic carbocycles. The molecule has 1 amide bonds. The Morgan fingerprint density at radius 1 is 0.958 bits per heavy atom. The zero-order valence-electron chi connectivity index (χ0n) is 15.6. The molecule has 3 aliphatic heterocycles. The lowest BCUT2D eigenvalue weighted by Crippen LogP contribution is -2.50.